The summed E-state index contributed by atoms with van der Waals surface area (Å²) in [4.78, 5) is 35.4. The van der Waals surface area contributed by atoms with Gasteiger partial charge in [0.1, 0.15) is 0 Å². The SMILES string of the molecule is COc1ccc(-c2ccnc3cc(C(=O)Nc4ccc(C(=O)N5CCC(N6CCOCC6)CC5)cc4C)nn23)cc1OC. The standard InChI is InChI=1S/C32H36N6O5/c1-21-18-23(32(40)37-12-9-24(10-13-37)36-14-16-43-17-15-36)4-6-25(21)34-31(39)26-20-30-33-11-8-27(38(30)35-26)22-5-7-28(41-2)29(19-22)42-3/h4-8,11,18-20,24H,9-10,12-17H2,1-3H3,(H,34,39). The number of anilines is 1. The van der Waals surface area contributed by atoms with Gasteiger partial charge in [0, 0.05) is 61.3 Å². The molecule has 2 amide bonds. The van der Waals surface area contributed by atoms with E-state index in [1.807, 2.05) is 42.2 Å². The van der Waals surface area contributed by atoms with Crippen LogP contribution in [-0.4, -0.2) is 95.9 Å². The van der Waals surface area contributed by atoms with E-state index in [0.29, 0.717) is 34.4 Å². The molecule has 43 heavy (non-hydrogen) atoms. The number of hydrogen-bond donors (Lipinski definition) is 1. The highest BCUT2D eigenvalue weighted by molar-refractivity contribution is 6.04. The number of benzene rings is 2. The number of hydrogen-bond acceptors (Lipinski definition) is 8. The van der Waals surface area contributed by atoms with Crippen LogP contribution in [0.3, 0.4) is 0 Å². The van der Waals surface area contributed by atoms with Crippen LogP contribution in [0.25, 0.3) is 16.9 Å². The lowest BCUT2D eigenvalue weighted by atomic mass is 10.0. The summed E-state index contributed by atoms with van der Waals surface area (Å²) < 4.78 is 17.9. The molecule has 0 unspecified atom stereocenters. The van der Waals surface area contributed by atoms with E-state index < -0.39 is 0 Å². The highest BCUT2D eigenvalue weighted by atomic mass is 16.5. The summed E-state index contributed by atoms with van der Waals surface area (Å²) in [7, 11) is 3.17. The van der Waals surface area contributed by atoms with E-state index in [9.17, 15) is 9.59 Å². The molecular weight excluding hydrogens is 548 g/mol. The number of piperidine rings is 1. The van der Waals surface area contributed by atoms with Crippen molar-refractivity contribution in [3.63, 3.8) is 0 Å². The summed E-state index contributed by atoms with van der Waals surface area (Å²) in [5.74, 6) is 0.866. The molecule has 1 N–H and O–H groups in total. The van der Waals surface area contributed by atoms with Crippen LogP contribution in [0.5, 0.6) is 11.5 Å². The minimum Gasteiger partial charge on any atom is -0.493 e. The fraction of sp³-hybridized carbons (Fsp3) is 0.375. The monoisotopic (exact) mass is 584 g/mol. The number of aryl methyl sites for hydroxylation is 1. The molecule has 0 atom stereocenters. The number of aromatic nitrogens is 3. The Labute approximate surface area is 250 Å². The van der Waals surface area contributed by atoms with Crippen LogP contribution in [0.15, 0.2) is 54.7 Å². The quantitative estimate of drug-likeness (QED) is 0.348. The Balaban J connectivity index is 1.14. The first-order valence-electron chi connectivity index (χ1n) is 14.6. The van der Waals surface area contributed by atoms with E-state index in [4.69, 9.17) is 14.2 Å². The predicted molar refractivity (Wildman–Crippen MR) is 162 cm³/mol. The Morgan fingerprint density at radius 2 is 1.70 bits per heavy atom. The largest absolute Gasteiger partial charge is 0.493 e. The van der Waals surface area contributed by atoms with E-state index in [0.717, 1.165) is 69.1 Å². The van der Waals surface area contributed by atoms with Gasteiger partial charge >= 0.3 is 0 Å². The Morgan fingerprint density at radius 1 is 0.930 bits per heavy atom. The molecule has 2 aliphatic rings. The number of likely N-dealkylation sites (tertiary alicyclic amines) is 1. The van der Waals surface area contributed by atoms with Gasteiger partial charge in [0.15, 0.2) is 22.8 Å². The first kappa shape index (κ1) is 28.6. The Bertz CT molecular complexity index is 1640. The van der Waals surface area contributed by atoms with Crippen molar-refractivity contribution in [2.45, 2.75) is 25.8 Å². The topological polar surface area (TPSA) is 111 Å². The average molecular weight is 585 g/mol. The number of nitrogens with one attached hydrogen (secondary N) is 1. The van der Waals surface area contributed by atoms with E-state index in [-0.39, 0.29) is 17.5 Å². The fourth-order valence-corrected chi connectivity index (χ4v) is 5.90. The number of methoxy groups -OCH3 is 2. The molecule has 0 radical (unpaired) electrons. The maximum Gasteiger partial charge on any atom is 0.276 e. The van der Waals surface area contributed by atoms with E-state index in [2.05, 4.69) is 20.3 Å². The highest BCUT2D eigenvalue weighted by Crippen LogP contribution is 2.32. The molecule has 0 aliphatic carbocycles. The van der Waals surface area contributed by atoms with Gasteiger partial charge in [-0.1, -0.05) is 0 Å². The van der Waals surface area contributed by atoms with Gasteiger partial charge in [0.2, 0.25) is 0 Å². The first-order chi connectivity index (χ1) is 20.9. The molecular formula is C32H36N6O5. The average Bonchev–Trinajstić information content (AvgIpc) is 3.50. The molecule has 11 nitrogen and oxygen atoms in total. The summed E-state index contributed by atoms with van der Waals surface area (Å²) >= 11 is 0. The van der Waals surface area contributed by atoms with Crippen molar-refractivity contribution in [3.05, 3.63) is 71.5 Å². The zero-order chi connectivity index (χ0) is 29.9. The fourth-order valence-electron chi connectivity index (χ4n) is 5.90. The van der Waals surface area contributed by atoms with Crippen LogP contribution in [0.1, 0.15) is 39.3 Å². The minimum absolute atomic E-state index is 0.0236. The highest BCUT2D eigenvalue weighted by Gasteiger charge is 2.28. The van der Waals surface area contributed by atoms with Crippen molar-refractivity contribution >= 4 is 23.1 Å². The first-order valence-corrected chi connectivity index (χ1v) is 14.6. The lowest BCUT2D eigenvalue weighted by molar-refractivity contribution is 0.00159. The second-order valence-electron chi connectivity index (χ2n) is 10.9. The molecule has 6 rings (SSSR count). The molecule has 11 heteroatoms. The number of carbonyl (C=O) groups is 2. The maximum absolute atomic E-state index is 13.3. The third-order valence-electron chi connectivity index (χ3n) is 8.31. The van der Waals surface area contributed by atoms with Crippen molar-refractivity contribution in [1.29, 1.82) is 0 Å². The van der Waals surface area contributed by atoms with Crippen molar-refractivity contribution in [3.8, 4) is 22.8 Å². The molecule has 224 valence electrons. The van der Waals surface area contributed by atoms with Crippen LogP contribution in [-0.2, 0) is 4.74 Å². The molecule has 0 bridgehead atoms. The van der Waals surface area contributed by atoms with Gasteiger partial charge in [0.25, 0.3) is 11.8 Å². The molecule has 4 aromatic rings. The lowest BCUT2D eigenvalue weighted by Crippen LogP contribution is -2.50. The van der Waals surface area contributed by atoms with Gasteiger partial charge < -0.3 is 24.4 Å². The van der Waals surface area contributed by atoms with Crippen LogP contribution < -0.4 is 14.8 Å². The molecule has 0 saturated carbocycles. The van der Waals surface area contributed by atoms with Gasteiger partial charge in [-0.25, -0.2) is 9.50 Å². The zero-order valence-corrected chi connectivity index (χ0v) is 24.7. The van der Waals surface area contributed by atoms with Gasteiger partial charge in [-0.2, -0.15) is 5.10 Å². The van der Waals surface area contributed by atoms with Gasteiger partial charge in [0.05, 0.1) is 33.1 Å². The van der Waals surface area contributed by atoms with Gasteiger partial charge in [-0.3, -0.25) is 14.5 Å². The Kier molecular flexibility index (Phi) is 8.26. The molecule has 0 spiro atoms. The van der Waals surface area contributed by atoms with Crippen LogP contribution in [0.2, 0.25) is 0 Å². The molecule has 2 aromatic heterocycles. The summed E-state index contributed by atoms with van der Waals surface area (Å²) in [6, 6.07) is 15.0. The lowest BCUT2D eigenvalue weighted by Gasteiger charge is -2.40. The normalized spacial score (nSPS) is 16.3. The number of ether oxygens (including phenoxy) is 3. The zero-order valence-electron chi connectivity index (χ0n) is 24.7. The summed E-state index contributed by atoms with van der Waals surface area (Å²) in [6.45, 7) is 6.88. The van der Waals surface area contributed by atoms with Crippen LogP contribution in [0, 0.1) is 6.92 Å². The number of carbonyl (C=O) groups excluding carboxylic acids is 2. The number of fused-ring (bicyclic) bond motifs is 1. The van der Waals surface area contributed by atoms with Crippen molar-refractivity contribution in [2.24, 2.45) is 0 Å². The van der Waals surface area contributed by atoms with E-state index in [1.165, 1.54) is 0 Å². The summed E-state index contributed by atoms with van der Waals surface area (Å²) in [5, 5.41) is 7.51. The molecule has 2 aromatic carbocycles. The Hall–Kier alpha value is -4.48. The summed E-state index contributed by atoms with van der Waals surface area (Å²) in [5.41, 5.74) is 4.39. The van der Waals surface area contributed by atoms with E-state index in [1.54, 1.807) is 43.1 Å². The number of rotatable bonds is 7. The van der Waals surface area contributed by atoms with Crippen molar-refractivity contribution < 1.29 is 23.8 Å². The second kappa shape index (κ2) is 12.4. The number of morpholine rings is 1. The molecule has 4 heterocycles. The Morgan fingerprint density at radius 3 is 2.42 bits per heavy atom. The smallest absolute Gasteiger partial charge is 0.276 e. The molecule has 2 saturated heterocycles. The molecule has 2 fully saturated rings. The third-order valence-corrected chi connectivity index (χ3v) is 8.31. The van der Waals surface area contributed by atoms with Crippen molar-refractivity contribution in [1.82, 2.24) is 24.4 Å². The molecule has 2 aliphatic heterocycles. The number of nitrogens with zero attached hydrogens (tertiary/aromatic N) is 5. The maximum atomic E-state index is 13.3. The summed E-state index contributed by atoms with van der Waals surface area (Å²) in [6.07, 6.45) is 3.62. The van der Waals surface area contributed by atoms with E-state index >= 15 is 0 Å². The third kappa shape index (κ3) is 5.91. The predicted octanol–water partition coefficient (Wildman–Crippen LogP) is 3.91. The van der Waals surface area contributed by atoms with Crippen molar-refractivity contribution in [2.75, 3.05) is 58.9 Å². The minimum atomic E-state index is -0.365. The van der Waals surface area contributed by atoms with Crippen LogP contribution in [0.4, 0.5) is 5.69 Å². The second-order valence-corrected chi connectivity index (χ2v) is 10.9. The van der Waals surface area contributed by atoms with Gasteiger partial charge in [-0.05, 0) is 67.8 Å². The van der Waals surface area contributed by atoms with Gasteiger partial charge in [-0.15, -0.1) is 0 Å². The van der Waals surface area contributed by atoms with Crippen LogP contribution >= 0.6 is 0 Å². The number of amides is 2.